The molecule has 1 N–H and O–H groups in total. The van der Waals surface area contributed by atoms with Crippen LogP contribution >= 0.6 is 0 Å². The van der Waals surface area contributed by atoms with E-state index in [-0.39, 0.29) is 25.6 Å². The van der Waals surface area contributed by atoms with Gasteiger partial charge in [0.25, 0.3) is 0 Å². The number of hydrogen-bond acceptors (Lipinski definition) is 6. The van der Waals surface area contributed by atoms with Crippen LogP contribution in [0.5, 0.6) is 0 Å². The summed E-state index contributed by atoms with van der Waals surface area (Å²) >= 11 is 0. The predicted octanol–water partition coefficient (Wildman–Crippen LogP) is 1.06. The van der Waals surface area contributed by atoms with Crippen LogP contribution in [0.1, 0.15) is 5.56 Å². The smallest absolute Gasteiger partial charge is 0.325 e. The zero-order valence-corrected chi connectivity index (χ0v) is 15.2. The molecule has 0 aliphatic carbocycles. The highest BCUT2D eigenvalue weighted by molar-refractivity contribution is 5.83. The van der Waals surface area contributed by atoms with Crippen LogP contribution in [0, 0.1) is 0 Å². The Morgan fingerprint density at radius 3 is 2.44 bits per heavy atom. The maximum absolute atomic E-state index is 12.1. The number of piperazine rings is 1. The third-order valence-electron chi connectivity index (χ3n) is 4.39. The fourth-order valence-corrected chi connectivity index (χ4v) is 2.89. The summed E-state index contributed by atoms with van der Waals surface area (Å²) in [6.45, 7) is 3.59. The fraction of sp³-hybridized carbons (Fsp3) is 0.350. The predicted molar refractivity (Wildman–Crippen MR) is 102 cm³/mol. The maximum Gasteiger partial charge on any atom is 0.325 e. The Kier molecular flexibility index (Phi) is 6.76. The Hall–Kier alpha value is -2.93. The average molecular weight is 368 g/mol. The molecule has 0 bridgehead atoms. The van der Waals surface area contributed by atoms with Crippen molar-refractivity contribution in [1.29, 1.82) is 0 Å². The molecule has 0 atom stereocenters. The first-order valence-electron chi connectivity index (χ1n) is 9.05. The van der Waals surface area contributed by atoms with Crippen LogP contribution in [0.4, 0.5) is 5.82 Å². The van der Waals surface area contributed by atoms with Gasteiger partial charge in [-0.25, -0.2) is 4.98 Å². The second-order valence-corrected chi connectivity index (χ2v) is 6.37. The van der Waals surface area contributed by atoms with Crippen molar-refractivity contribution in [1.82, 2.24) is 15.2 Å². The summed E-state index contributed by atoms with van der Waals surface area (Å²) in [4.78, 5) is 32.4. The summed E-state index contributed by atoms with van der Waals surface area (Å²) < 4.78 is 5.15. The minimum absolute atomic E-state index is 0.112. The van der Waals surface area contributed by atoms with Gasteiger partial charge in [0.05, 0.1) is 6.54 Å². The first kappa shape index (κ1) is 18.8. The van der Waals surface area contributed by atoms with Crippen molar-refractivity contribution in [2.75, 3.05) is 44.2 Å². The van der Waals surface area contributed by atoms with Crippen molar-refractivity contribution >= 4 is 17.7 Å². The number of nitrogens with one attached hydrogen (secondary N) is 1. The summed E-state index contributed by atoms with van der Waals surface area (Å²) in [5, 5.41) is 2.63. The first-order chi connectivity index (χ1) is 13.2. The Bertz CT molecular complexity index is 731. The largest absolute Gasteiger partial charge is 0.460 e. The highest BCUT2D eigenvalue weighted by Crippen LogP contribution is 2.12. The van der Waals surface area contributed by atoms with Crippen LogP contribution in [0.2, 0.25) is 0 Å². The van der Waals surface area contributed by atoms with E-state index in [1.54, 1.807) is 6.20 Å². The second kappa shape index (κ2) is 9.68. The van der Waals surface area contributed by atoms with Crippen LogP contribution in [0.3, 0.4) is 0 Å². The van der Waals surface area contributed by atoms with Gasteiger partial charge in [-0.3, -0.25) is 14.5 Å². The van der Waals surface area contributed by atoms with Crippen molar-refractivity contribution in [3.8, 4) is 0 Å². The SMILES string of the molecule is O=C(CN1CCN(c2ccccn2)CC1)NCC(=O)OCc1ccccc1. The van der Waals surface area contributed by atoms with Gasteiger partial charge < -0.3 is 15.0 Å². The number of rotatable bonds is 7. The maximum atomic E-state index is 12.1. The molecule has 1 aromatic carbocycles. The molecule has 1 saturated heterocycles. The molecule has 142 valence electrons. The third-order valence-corrected chi connectivity index (χ3v) is 4.39. The molecule has 7 heteroatoms. The molecule has 2 heterocycles. The van der Waals surface area contributed by atoms with Crippen molar-refractivity contribution in [3.05, 3.63) is 60.3 Å². The molecule has 27 heavy (non-hydrogen) atoms. The first-order valence-corrected chi connectivity index (χ1v) is 9.05. The van der Waals surface area contributed by atoms with Crippen molar-refractivity contribution in [2.24, 2.45) is 0 Å². The van der Waals surface area contributed by atoms with Gasteiger partial charge in [0.15, 0.2) is 0 Å². The number of ether oxygens (including phenoxy) is 1. The average Bonchev–Trinajstić information content (AvgIpc) is 2.73. The summed E-state index contributed by atoms with van der Waals surface area (Å²) in [5.41, 5.74) is 0.919. The van der Waals surface area contributed by atoms with E-state index in [9.17, 15) is 9.59 Å². The number of amides is 1. The zero-order chi connectivity index (χ0) is 18.9. The van der Waals surface area contributed by atoms with Gasteiger partial charge in [-0.15, -0.1) is 0 Å². The summed E-state index contributed by atoms with van der Waals surface area (Å²) in [6.07, 6.45) is 1.78. The Labute approximate surface area is 158 Å². The van der Waals surface area contributed by atoms with E-state index in [1.807, 2.05) is 48.5 Å². The number of pyridine rings is 1. The molecule has 0 saturated carbocycles. The van der Waals surface area contributed by atoms with Gasteiger partial charge in [-0.05, 0) is 17.7 Å². The Balaban J connectivity index is 1.32. The van der Waals surface area contributed by atoms with Crippen LogP contribution < -0.4 is 10.2 Å². The van der Waals surface area contributed by atoms with E-state index in [0.29, 0.717) is 0 Å². The molecule has 1 aliphatic heterocycles. The topological polar surface area (TPSA) is 74.8 Å². The molecular formula is C20H24N4O3. The van der Waals surface area contributed by atoms with E-state index in [0.717, 1.165) is 37.6 Å². The van der Waals surface area contributed by atoms with Gasteiger partial charge in [0.2, 0.25) is 5.91 Å². The number of hydrogen-bond donors (Lipinski definition) is 1. The molecule has 1 aromatic heterocycles. The number of carbonyl (C=O) groups excluding carboxylic acids is 2. The number of esters is 1. The van der Waals surface area contributed by atoms with Crippen molar-refractivity contribution in [2.45, 2.75) is 6.61 Å². The quantitative estimate of drug-likeness (QED) is 0.737. The minimum atomic E-state index is -0.438. The van der Waals surface area contributed by atoms with Gasteiger partial charge >= 0.3 is 5.97 Å². The lowest BCUT2D eigenvalue weighted by atomic mass is 10.2. The Morgan fingerprint density at radius 2 is 1.74 bits per heavy atom. The molecule has 0 spiro atoms. The summed E-state index contributed by atoms with van der Waals surface area (Å²) in [6, 6.07) is 15.3. The molecule has 1 amide bonds. The number of benzene rings is 1. The Morgan fingerprint density at radius 1 is 1.00 bits per heavy atom. The standard InChI is InChI=1S/C20H24N4O3/c25-19(22-14-20(26)27-16-17-6-2-1-3-7-17)15-23-10-12-24(13-11-23)18-8-4-5-9-21-18/h1-9H,10-16H2,(H,22,25). The van der Waals surface area contributed by atoms with Crippen LogP contribution in [0.15, 0.2) is 54.7 Å². The molecule has 1 aliphatic rings. The minimum Gasteiger partial charge on any atom is -0.460 e. The van der Waals surface area contributed by atoms with Crippen LogP contribution in [0.25, 0.3) is 0 Å². The zero-order valence-electron chi connectivity index (χ0n) is 15.2. The van der Waals surface area contributed by atoms with Gasteiger partial charge in [-0.1, -0.05) is 36.4 Å². The van der Waals surface area contributed by atoms with E-state index in [2.05, 4.69) is 20.1 Å². The van der Waals surface area contributed by atoms with Crippen LogP contribution in [-0.4, -0.2) is 61.0 Å². The molecule has 1 fully saturated rings. The highest BCUT2D eigenvalue weighted by Gasteiger charge is 2.20. The lowest BCUT2D eigenvalue weighted by Crippen LogP contribution is -2.50. The van der Waals surface area contributed by atoms with E-state index in [1.165, 1.54) is 0 Å². The third kappa shape index (κ3) is 6.07. The van der Waals surface area contributed by atoms with Crippen LogP contribution in [-0.2, 0) is 20.9 Å². The lowest BCUT2D eigenvalue weighted by Gasteiger charge is -2.34. The van der Waals surface area contributed by atoms with E-state index < -0.39 is 5.97 Å². The van der Waals surface area contributed by atoms with Crippen molar-refractivity contribution < 1.29 is 14.3 Å². The van der Waals surface area contributed by atoms with Crippen molar-refractivity contribution in [3.63, 3.8) is 0 Å². The fourth-order valence-electron chi connectivity index (χ4n) is 2.89. The summed E-state index contributed by atoms with van der Waals surface area (Å²) in [7, 11) is 0. The van der Waals surface area contributed by atoms with Gasteiger partial charge in [-0.2, -0.15) is 0 Å². The number of anilines is 1. The molecule has 3 rings (SSSR count). The number of aromatic nitrogens is 1. The molecule has 0 radical (unpaired) electrons. The molecule has 7 nitrogen and oxygen atoms in total. The summed E-state index contributed by atoms with van der Waals surface area (Å²) in [5.74, 6) is 0.355. The number of carbonyl (C=O) groups is 2. The second-order valence-electron chi connectivity index (χ2n) is 6.37. The van der Waals surface area contributed by atoms with Gasteiger partial charge in [0, 0.05) is 32.4 Å². The van der Waals surface area contributed by atoms with E-state index in [4.69, 9.17) is 4.74 Å². The monoisotopic (exact) mass is 368 g/mol. The van der Waals surface area contributed by atoms with E-state index >= 15 is 0 Å². The molecule has 0 unspecified atom stereocenters. The lowest BCUT2D eigenvalue weighted by molar-refractivity contribution is -0.145. The normalized spacial score (nSPS) is 14.6. The molecule has 2 aromatic rings. The highest BCUT2D eigenvalue weighted by atomic mass is 16.5. The van der Waals surface area contributed by atoms with Gasteiger partial charge in [0.1, 0.15) is 19.0 Å². The number of nitrogens with zero attached hydrogens (tertiary/aromatic N) is 3. The molecular weight excluding hydrogens is 344 g/mol.